The maximum absolute atomic E-state index is 5.99. The van der Waals surface area contributed by atoms with Gasteiger partial charge in [-0.05, 0) is 24.3 Å². The number of pyridine rings is 1. The molecule has 0 aliphatic rings. The molecule has 2 aromatic rings. The molecule has 88 valence electrons. The zero-order valence-corrected chi connectivity index (χ0v) is 10.9. The average molecular weight is 289 g/mol. The quantitative estimate of drug-likeness (QED) is 0.769. The molecular weight excluding hydrogens is 280 g/mol. The molecular formula is C12H8Cl3NO. The Hall–Kier alpha value is -0.960. The minimum absolute atomic E-state index is 0.292. The van der Waals surface area contributed by atoms with Gasteiger partial charge in [0, 0.05) is 0 Å². The first kappa shape index (κ1) is 12.5. The minimum atomic E-state index is 0.292. The van der Waals surface area contributed by atoms with Crippen LogP contribution in [-0.4, -0.2) is 4.98 Å². The number of hydrogen-bond acceptors (Lipinski definition) is 2. The molecule has 0 fully saturated rings. The Labute approximate surface area is 114 Å². The van der Waals surface area contributed by atoms with Gasteiger partial charge in [-0.15, -0.1) is 0 Å². The third-order valence-electron chi connectivity index (χ3n) is 2.06. The zero-order chi connectivity index (χ0) is 12.3. The van der Waals surface area contributed by atoms with Gasteiger partial charge in [-0.25, -0.2) is 4.98 Å². The highest BCUT2D eigenvalue weighted by atomic mass is 35.5. The first-order valence-electron chi connectivity index (χ1n) is 4.85. The summed E-state index contributed by atoms with van der Waals surface area (Å²) in [4.78, 5) is 4.10. The highest BCUT2D eigenvalue weighted by Gasteiger charge is 2.05. The van der Waals surface area contributed by atoms with Crippen LogP contribution in [0.3, 0.4) is 0 Å². The third kappa shape index (κ3) is 3.25. The van der Waals surface area contributed by atoms with Gasteiger partial charge in [-0.2, -0.15) is 0 Å². The lowest BCUT2D eigenvalue weighted by Gasteiger charge is -2.08. The average Bonchev–Trinajstić information content (AvgIpc) is 2.31. The van der Waals surface area contributed by atoms with Crippen LogP contribution in [0.25, 0.3) is 0 Å². The molecule has 0 atom stereocenters. The third-order valence-corrected chi connectivity index (χ3v) is 3.08. The summed E-state index contributed by atoms with van der Waals surface area (Å²) in [5, 5.41) is 1.29. The van der Waals surface area contributed by atoms with Gasteiger partial charge in [-0.1, -0.05) is 46.9 Å². The number of rotatable bonds is 3. The van der Waals surface area contributed by atoms with Crippen molar-refractivity contribution < 1.29 is 4.74 Å². The first-order valence-corrected chi connectivity index (χ1v) is 5.98. The Kier molecular flexibility index (Phi) is 4.11. The molecule has 5 heteroatoms. The van der Waals surface area contributed by atoms with E-state index in [1.807, 2.05) is 12.1 Å². The van der Waals surface area contributed by atoms with E-state index in [9.17, 15) is 0 Å². The lowest BCUT2D eigenvalue weighted by Crippen LogP contribution is -1.98. The topological polar surface area (TPSA) is 22.1 Å². The van der Waals surface area contributed by atoms with E-state index in [0.29, 0.717) is 27.6 Å². The number of nitrogens with zero attached hydrogens (tertiary/aromatic N) is 1. The van der Waals surface area contributed by atoms with E-state index in [0.717, 1.165) is 5.69 Å². The van der Waals surface area contributed by atoms with Crippen LogP contribution in [0.15, 0.2) is 36.4 Å². The van der Waals surface area contributed by atoms with Crippen molar-refractivity contribution in [3.8, 4) is 5.75 Å². The molecule has 17 heavy (non-hydrogen) atoms. The van der Waals surface area contributed by atoms with Crippen molar-refractivity contribution in [1.82, 2.24) is 4.98 Å². The maximum Gasteiger partial charge on any atom is 0.140 e. The molecule has 0 saturated carbocycles. The second-order valence-electron chi connectivity index (χ2n) is 3.29. The lowest BCUT2D eigenvalue weighted by atomic mass is 10.3. The molecule has 0 aliphatic carbocycles. The molecule has 2 rings (SSSR count). The summed E-state index contributed by atoms with van der Waals surface area (Å²) in [6.45, 7) is 0.292. The maximum atomic E-state index is 5.99. The van der Waals surface area contributed by atoms with Gasteiger partial charge >= 0.3 is 0 Å². The van der Waals surface area contributed by atoms with E-state index < -0.39 is 0 Å². The van der Waals surface area contributed by atoms with Crippen LogP contribution in [0, 0.1) is 0 Å². The monoisotopic (exact) mass is 287 g/mol. The Morgan fingerprint density at radius 1 is 1.00 bits per heavy atom. The first-order chi connectivity index (χ1) is 8.16. The van der Waals surface area contributed by atoms with Gasteiger partial charge < -0.3 is 4.74 Å². The summed E-state index contributed by atoms with van der Waals surface area (Å²) in [6, 6.07) is 10.6. The van der Waals surface area contributed by atoms with Gasteiger partial charge in [0.2, 0.25) is 0 Å². The van der Waals surface area contributed by atoms with Crippen molar-refractivity contribution >= 4 is 34.8 Å². The van der Waals surface area contributed by atoms with Crippen LogP contribution in [0.5, 0.6) is 5.75 Å². The summed E-state index contributed by atoms with van der Waals surface area (Å²) in [5.41, 5.74) is 0.730. The molecule has 0 spiro atoms. The van der Waals surface area contributed by atoms with E-state index in [4.69, 9.17) is 39.5 Å². The van der Waals surface area contributed by atoms with E-state index in [1.165, 1.54) is 0 Å². The van der Waals surface area contributed by atoms with Gasteiger partial charge in [0.05, 0.1) is 10.7 Å². The Balaban J connectivity index is 2.10. The normalized spacial score (nSPS) is 10.3. The molecule has 0 unspecified atom stereocenters. The van der Waals surface area contributed by atoms with Crippen molar-refractivity contribution in [2.45, 2.75) is 6.61 Å². The number of aromatic nitrogens is 1. The standard InChI is InChI=1S/C12H8Cl3NO/c13-9-4-2-5-10(12(9)15)17-7-8-3-1-6-11(14)16-8/h1-6H,7H2. The van der Waals surface area contributed by atoms with E-state index >= 15 is 0 Å². The Morgan fingerprint density at radius 3 is 2.53 bits per heavy atom. The summed E-state index contributed by atoms with van der Waals surface area (Å²) in [6.07, 6.45) is 0. The van der Waals surface area contributed by atoms with Crippen molar-refractivity contribution in [3.63, 3.8) is 0 Å². The van der Waals surface area contributed by atoms with E-state index in [1.54, 1.807) is 24.3 Å². The molecule has 1 heterocycles. The molecule has 0 amide bonds. The molecule has 1 aromatic heterocycles. The summed E-state index contributed by atoms with van der Waals surface area (Å²) < 4.78 is 5.52. The molecule has 0 bridgehead atoms. The molecule has 0 N–H and O–H groups in total. The zero-order valence-electron chi connectivity index (χ0n) is 8.66. The molecule has 2 nitrogen and oxygen atoms in total. The molecule has 0 radical (unpaired) electrons. The fourth-order valence-electron chi connectivity index (χ4n) is 1.28. The summed E-state index contributed by atoms with van der Waals surface area (Å²) in [5.74, 6) is 0.529. The predicted molar refractivity (Wildman–Crippen MR) is 70.0 cm³/mol. The molecule has 0 saturated heterocycles. The fraction of sp³-hybridized carbons (Fsp3) is 0.0833. The SMILES string of the molecule is Clc1cccc(COc2cccc(Cl)c2Cl)n1. The fourth-order valence-corrected chi connectivity index (χ4v) is 1.81. The largest absolute Gasteiger partial charge is 0.486 e. The highest BCUT2D eigenvalue weighted by Crippen LogP contribution is 2.31. The smallest absolute Gasteiger partial charge is 0.140 e. The second kappa shape index (κ2) is 5.58. The number of benzene rings is 1. The van der Waals surface area contributed by atoms with Crippen LogP contribution in [0.2, 0.25) is 15.2 Å². The summed E-state index contributed by atoms with van der Waals surface area (Å²) >= 11 is 17.6. The van der Waals surface area contributed by atoms with Crippen LogP contribution < -0.4 is 4.74 Å². The second-order valence-corrected chi connectivity index (χ2v) is 4.46. The van der Waals surface area contributed by atoms with Gasteiger partial charge in [-0.3, -0.25) is 0 Å². The van der Waals surface area contributed by atoms with Crippen LogP contribution in [-0.2, 0) is 6.61 Å². The van der Waals surface area contributed by atoms with Crippen molar-refractivity contribution in [2.75, 3.05) is 0 Å². The van der Waals surface area contributed by atoms with Crippen LogP contribution in [0.4, 0.5) is 0 Å². The minimum Gasteiger partial charge on any atom is -0.486 e. The van der Waals surface area contributed by atoms with E-state index in [-0.39, 0.29) is 0 Å². The highest BCUT2D eigenvalue weighted by molar-refractivity contribution is 6.42. The van der Waals surface area contributed by atoms with Crippen LogP contribution >= 0.6 is 34.8 Å². The van der Waals surface area contributed by atoms with Crippen molar-refractivity contribution in [3.05, 3.63) is 57.3 Å². The predicted octanol–water partition coefficient (Wildman–Crippen LogP) is 4.62. The Bertz CT molecular complexity index is 531. The molecule has 0 aliphatic heterocycles. The van der Waals surface area contributed by atoms with Crippen molar-refractivity contribution in [2.24, 2.45) is 0 Å². The number of ether oxygens (including phenoxy) is 1. The van der Waals surface area contributed by atoms with Crippen molar-refractivity contribution in [1.29, 1.82) is 0 Å². The van der Waals surface area contributed by atoms with Gasteiger partial charge in [0.15, 0.2) is 0 Å². The van der Waals surface area contributed by atoms with Gasteiger partial charge in [0.25, 0.3) is 0 Å². The lowest BCUT2D eigenvalue weighted by molar-refractivity contribution is 0.301. The van der Waals surface area contributed by atoms with Gasteiger partial charge in [0.1, 0.15) is 22.5 Å². The number of halogens is 3. The molecule has 1 aromatic carbocycles. The number of hydrogen-bond donors (Lipinski definition) is 0. The summed E-state index contributed by atoms with van der Waals surface area (Å²) in [7, 11) is 0. The van der Waals surface area contributed by atoms with Crippen LogP contribution in [0.1, 0.15) is 5.69 Å². The van der Waals surface area contributed by atoms with E-state index in [2.05, 4.69) is 4.98 Å². The Morgan fingerprint density at radius 2 is 1.76 bits per heavy atom.